The third-order valence-corrected chi connectivity index (χ3v) is 7.37. The maximum Gasteiger partial charge on any atom is 0.244 e. The molecule has 2 unspecified atom stereocenters. The molecule has 0 aromatic heterocycles. The summed E-state index contributed by atoms with van der Waals surface area (Å²) in [6, 6.07) is 7.92. The Kier molecular flexibility index (Phi) is 4.27. The Morgan fingerprint density at radius 1 is 1.26 bits per heavy atom. The van der Waals surface area contributed by atoms with Crippen LogP contribution in [-0.4, -0.2) is 42.3 Å². The molecule has 0 saturated carbocycles. The van der Waals surface area contributed by atoms with Gasteiger partial charge in [0, 0.05) is 17.9 Å². The molecule has 2 saturated heterocycles. The number of rotatable bonds is 2. The van der Waals surface area contributed by atoms with Crippen molar-refractivity contribution in [3.8, 4) is 0 Å². The first kappa shape index (κ1) is 16.5. The van der Waals surface area contributed by atoms with E-state index in [0.717, 1.165) is 5.69 Å². The zero-order valence-corrected chi connectivity index (χ0v) is 15.0. The summed E-state index contributed by atoms with van der Waals surface area (Å²) in [6.07, 6.45) is 0. The number of nitrogens with zero attached hydrogens (tertiary/aromatic N) is 2. The maximum atomic E-state index is 11.9. The molecule has 3 rings (SSSR count). The summed E-state index contributed by atoms with van der Waals surface area (Å²) in [6.45, 7) is 5.67. The number of thioether (sulfide) groups is 1. The Balaban J connectivity index is 1.99. The van der Waals surface area contributed by atoms with Gasteiger partial charge in [0.1, 0.15) is 0 Å². The second-order valence-electron chi connectivity index (χ2n) is 6.33. The van der Waals surface area contributed by atoms with Crippen molar-refractivity contribution in [2.75, 3.05) is 16.4 Å². The predicted octanol–water partition coefficient (Wildman–Crippen LogP) is 2.43. The number of amidine groups is 1. The van der Waals surface area contributed by atoms with Gasteiger partial charge < -0.3 is 4.90 Å². The summed E-state index contributed by atoms with van der Waals surface area (Å²) in [4.78, 5) is 17.4. The summed E-state index contributed by atoms with van der Waals surface area (Å²) in [5.74, 6) is 0.439. The molecule has 0 spiro atoms. The molecular formula is C16H20N2O3S2. The van der Waals surface area contributed by atoms with Crippen LogP contribution in [0.1, 0.15) is 32.3 Å². The number of carbonyl (C=O) groups is 1. The van der Waals surface area contributed by atoms with Crippen LogP contribution in [0.4, 0.5) is 5.69 Å². The third-order valence-electron chi connectivity index (χ3n) is 4.16. The van der Waals surface area contributed by atoms with E-state index in [-0.39, 0.29) is 28.7 Å². The highest BCUT2D eigenvalue weighted by Crippen LogP contribution is 2.41. The highest BCUT2D eigenvalue weighted by molar-refractivity contribution is 8.16. The summed E-state index contributed by atoms with van der Waals surface area (Å²) < 4.78 is 23.9. The Hall–Kier alpha value is -1.34. The number of amides is 1. The second-order valence-corrected chi connectivity index (χ2v) is 9.69. The van der Waals surface area contributed by atoms with E-state index >= 15 is 0 Å². The van der Waals surface area contributed by atoms with Crippen LogP contribution >= 0.6 is 11.8 Å². The van der Waals surface area contributed by atoms with Crippen LogP contribution in [0.5, 0.6) is 0 Å². The average molecular weight is 352 g/mol. The molecule has 2 aliphatic heterocycles. The minimum absolute atomic E-state index is 0.0529. The Labute approximate surface area is 141 Å². The highest BCUT2D eigenvalue weighted by Gasteiger charge is 2.49. The molecule has 0 radical (unpaired) electrons. The quantitative estimate of drug-likeness (QED) is 0.818. The fraction of sp³-hybridized carbons (Fsp3) is 0.500. The average Bonchev–Trinajstić information content (AvgIpc) is 2.89. The number of hydrogen-bond acceptors (Lipinski definition) is 4. The van der Waals surface area contributed by atoms with Crippen LogP contribution in [0, 0.1) is 0 Å². The van der Waals surface area contributed by atoms with Crippen LogP contribution in [0.15, 0.2) is 29.3 Å². The molecule has 124 valence electrons. The zero-order chi connectivity index (χ0) is 16.8. The normalized spacial score (nSPS) is 27.7. The Bertz CT molecular complexity index is 754. The van der Waals surface area contributed by atoms with Gasteiger partial charge in [-0.05, 0) is 23.6 Å². The van der Waals surface area contributed by atoms with Crippen LogP contribution in [0.2, 0.25) is 0 Å². The molecule has 2 heterocycles. The second kappa shape index (κ2) is 5.94. The minimum atomic E-state index is -3.02. The molecule has 1 aromatic rings. The van der Waals surface area contributed by atoms with Crippen molar-refractivity contribution in [2.24, 2.45) is 4.99 Å². The number of aliphatic imine (C=N–C) groups is 1. The van der Waals surface area contributed by atoms with Gasteiger partial charge in [-0.2, -0.15) is 4.99 Å². The van der Waals surface area contributed by atoms with Crippen LogP contribution in [-0.2, 0) is 14.6 Å². The maximum absolute atomic E-state index is 11.9. The van der Waals surface area contributed by atoms with Gasteiger partial charge in [0.25, 0.3) is 0 Å². The summed E-state index contributed by atoms with van der Waals surface area (Å²) in [5, 5.41) is 0.558. The monoisotopic (exact) mass is 352 g/mol. The van der Waals surface area contributed by atoms with Gasteiger partial charge in [-0.15, -0.1) is 0 Å². The van der Waals surface area contributed by atoms with Crippen molar-refractivity contribution in [3.05, 3.63) is 29.8 Å². The van der Waals surface area contributed by atoms with Crippen molar-refractivity contribution in [3.63, 3.8) is 0 Å². The molecule has 0 N–H and O–H groups in total. The van der Waals surface area contributed by atoms with Gasteiger partial charge in [-0.3, -0.25) is 4.79 Å². The van der Waals surface area contributed by atoms with Crippen LogP contribution < -0.4 is 4.90 Å². The van der Waals surface area contributed by atoms with E-state index in [1.807, 2.05) is 29.2 Å². The molecule has 23 heavy (non-hydrogen) atoms. The molecular weight excluding hydrogens is 332 g/mol. The minimum Gasteiger partial charge on any atom is -0.316 e. The molecule has 2 aliphatic rings. The molecule has 5 nitrogen and oxygen atoms in total. The molecule has 0 bridgehead atoms. The van der Waals surface area contributed by atoms with Gasteiger partial charge in [-0.1, -0.05) is 37.7 Å². The standard InChI is InChI=1S/C16H20N2O3S2/c1-10(2)12-4-6-13(7-5-12)18-14-8-23(20,21)9-15(14)22-16(18)17-11(3)19/h4-7,10,14-15H,8-9H2,1-3H3. The fourth-order valence-corrected chi connectivity index (χ4v) is 6.98. The Morgan fingerprint density at radius 3 is 2.48 bits per heavy atom. The first-order valence-electron chi connectivity index (χ1n) is 7.62. The number of fused-ring (bicyclic) bond motifs is 1. The predicted molar refractivity (Wildman–Crippen MR) is 94.9 cm³/mol. The van der Waals surface area contributed by atoms with Crippen molar-refractivity contribution >= 4 is 38.4 Å². The molecule has 0 aliphatic carbocycles. The third kappa shape index (κ3) is 3.30. The lowest BCUT2D eigenvalue weighted by atomic mass is 10.0. The van der Waals surface area contributed by atoms with Crippen molar-refractivity contribution in [2.45, 2.75) is 38.0 Å². The van der Waals surface area contributed by atoms with Gasteiger partial charge >= 0.3 is 0 Å². The lowest BCUT2D eigenvalue weighted by Gasteiger charge is -2.24. The molecule has 1 aromatic carbocycles. The largest absolute Gasteiger partial charge is 0.316 e. The first-order chi connectivity index (χ1) is 10.8. The first-order valence-corrected chi connectivity index (χ1v) is 10.3. The van der Waals surface area contributed by atoms with E-state index in [0.29, 0.717) is 11.1 Å². The lowest BCUT2D eigenvalue weighted by molar-refractivity contribution is -0.115. The van der Waals surface area contributed by atoms with E-state index < -0.39 is 9.84 Å². The number of sulfone groups is 1. The summed E-state index contributed by atoms with van der Waals surface area (Å²) >= 11 is 1.40. The van der Waals surface area contributed by atoms with Crippen LogP contribution in [0.3, 0.4) is 0 Å². The smallest absolute Gasteiger partial charge is 0.244 e. The molecule has 1 amide bonds. The van der Waals surface area contributed by atoms with Crippen molar-refractivity contribution in [1.29, 1.82) is 0 Å². The number of hydrogen-bond donors (Lipinski definition) is 0. The zero-order valence-electron chi connectivity index (χ0n) is 13.4. The van der Waals surface area contributed by atoms with Gasteiger partial charge in [0.15, 0.2) is 15.0 Å². The number of benzene rings is 1. The van der Waals surface area contributed by atoms with Crippen LogP contribution in [0.25, 0.3) is 0 Å². The Morgan fingerprint density at radius 2 is 1.91 bits per heavy atom. The fourth-order valence-electron chi connectivity index (χ4n) is 3.02. The van der Waals surface area contributed by atoms with Gasteiger partial charge in [0.05, 0.1) is 17.5 Å². The molecule has 2 fully saturated rings. The summed E-state index contributed by atoms with van der Waals surface area (Å²) in [7, 11) is -3.02. The molecule has 7 heteroatoms. The van der Waals surface area contributed by atoms with Crippen molar-refractivity contribution < 1.29 is 13.2 Å². The number of anilines is 1. The van der Waals surface area contributed by atoms with Crippen molar-refractivity contribution in [1.82, 2.24) is 0 Å². The molecule has 2 atom stereocenters. The van der Waals surface area contributed by atoms with E-state index in [1.54, 1.807) is 0 Å². The van der Waals surface area contributed by atoms with E-state index in [2.05, 4.69) is 18.8 Å². The van der Waals surface area contributed by atoms with E-state index in [1.165, 1.54) is 24.2 Å². The lowest BCUT2D eigenvalue weighted by Crippen LogP contribution is -2.37. The number of carbonyl (C=O) groups excluding carboxylic acids is 1. The van der Waals surface area contributed by atoms with E-state index in [4.69, 9.17) is 0 Å². The van der Waals surface area contributed by atoms with E-state index in [9.17, 15) is 13.2 Å². The topological polar surface area (TPSA) is 66.8 Å². The van der Waals surface area contributed by atoms with Gasteiger partial charge in [-0.25, -0.2) is 8.42 Å². The summed E-state index contributed by atoms with van der Waals surface area (Å²) in [5.41, 5.74) is 2.12. The van der Waals surface area contributed by atoms with Gasteiger partial charge in [0.2, 0.25) is 5.91 Å². The SMILES string of the molecule is CC(=O)N=C1SC2CS(=O)(=O)CC2N1c1ccc(C(C)C)cc1. The highest BCUT2D eigenvalue weighted by atomic mass is 32.2.